The Hall–Kier alpha value is -3.40. The first-order valence-corrected chi connectivity index (χ1v) is 11.3. The number of amides is 3. The van der Waals surface area contributed by atoms with Gasteiger partial charge in [-0.25, -0.2) is 4.79 Å². The van der Waals surface area contributed by atoms with Gasteiger partial charge >= 0.3 is 6.03 Å². The molecule has 1 aromatic carbocycles. The highest BCUT2D eigenvalue weighted by Crippen LogP contribution is 2.27. The second-order valence-electron chi connectivity index (χ2n) is 8.34. The van der Waals surface area contributed by atoms with E-state index in [2.05, 4.69) is 36.5 Å². The normalized spacial score (nSPS) is 17.7. The summed E-state index contributed by atoms with van der Waals surface area (Å²) >= 11 is 5.85. The molecule has 2 aromatic heterocycles. The summed E-state index contributed by atoms with van der Waals surface area (Å²) < 4.78 is 1.77. The van der Waals surface area contributed by atoms with Gasteiger partial charge < -0.3 is 16.0 Å². The Morgan fingerprint density at radius 2 is 2.00 bits per heavy atom. The molecule has 1 aliphatic carbocycles. The van der Waals surface area contributed by atoms with Crippen molar-refractivity contribution in [1.29, 1.82) is 0 Å². The van der Waals surface area contributed by atoms with Gasteiger partial charge in [0.1, 0.15) is 5.69 Å². The highest BCUT2D eigenvalue weighted by atomic mass is 35.5. The molecule has 10 nitrogen and oxygen atoms in total. The minimum Gasteiger partial charge on any atom is -0.348 e. The molecular formula is C22H27ClN8O2. The predicted molar refractivity (Wildman–Crippen MR) is 124 cm³/mol. The van der Waals surface area contributed by atoms with E-state index >= 15 is 0 Å². The van der Waals surface area contributed by atoms with Gasteiger partial charge in [-0.2, -0.15) is 5.10 Å². The van der Waals surface area contributed by atoms with Crippen molar-refractivity contribution in [2.75, 3.05) is 5.32 Å². The molecule has 2 atom stereocenters. The van der Waals surface area contributed by atoms with Gasteiger partial charge in [0, 0.05) is 34.6 Å². The Balaban J connectivity index is 1.27. The summed E-state index contributed by atoms with van der Waals surface area (Å²) in [6.45, 7) is 4.69. The van der Waals surface area contributed by atoms with E-state index < -0.39 is 0 Å². The monoisotopic (exact) mass is 470 g/mol. The minimum absolute atomic E-state index is 0.0600. The van der Waals surface area contributed by atoms with E-state index in [4.69, 9.17) is 11.6 Å². The van der Waals surface area contributed by atoms with Crippen molar-refractivity contribution in [2.24, 2.45) is 5.92 Å². The number of carbonyl (C=O) groups is 2. The van der Waals surface area contributed by atoms with Crippen molar-refractivity contribution in [3.05, 3.63) is 58.1 Å². The lowest BCUT2D eigenvalue weighted by Gasteiger charge is -2.20. The third kappa shape index (κ3) is 5.70. The maximum absolute atomic E-state index is 12.7. The van der Waals surface area contributed by atoms with E-state index in [-0.39, 0.29) is 30.4 Å². The molecule has 2 heterocycles. The van der Waals surface area contributed by atoms with Crippen LogP contribution in [0.4, 0.5) is 10.5 Å². The number of anilines is 1. The molecule has 0 unspecified atom stereocenters. The topological polar surface area (TPSA) is 130 Å². The van der Waals surface area contributed by atoms with E-state index in [1.165, 1.54) is 0 Å². The molecule has 1 saturated carbocycles. The van der Waals surface area contributed by atoms with E-state index in [0.29, 0.717) is 28.6 Å². The molecule has 0 spiro atoms. The summed E-state index contributed by atoms with van der Waals surface area (Å²) in [6.07, 6.45) is 4.79. The average Bonchev–Trinajstić information content (AvgIpc) is 3.51. The smallest absolute Gasteiger partial charge is 0.319 e. The summed E-state index contributed by atoms with van der Waals surface area (Å²) in [7, 11) is 0. The molecule has 0 bridgehead atoms. The summed E-state index contributed by atoms with van der Waals surface area (Å²) in [5.41, 5.74) is 3.52. The first-order chi connectivity index (χ1) is 15.9. The second kappa shape index (κ2) is 10.0. The molecule has 11 heteroatoms. The van der Waals surface area contributed by atoms with Crippen LogP contribution in [0.25, 0.3) is 0 Å². The van der Waals surface area contributed by atoms with Crippen LogP contribution < -0.4 is 16.0 Å². The summed E-state index contributed by atoms with van der Waals surface area (Å²) in [6, 6.07) is 6.59. The molecular weight excluding hydrogens is 444 g/mol. The van der Waals surface area contributed by atoms with Crippen LogP contribution in [0.15, 0.2) is 30.5 Å². The maximum atomic E-state index is 12.7. The molecule has 174 valence electrons. The standard InChI is InChI=1S/C22H27ClN8O2/c1-13-14(2)27-29-20(13)21(32)26-19-5-3-4-15(19)11-31-12-18(28-30-31)10-24-22(33)25-17-8-6-16(23)7-9-17/h6-9,12,15,19H,3-5,10-11H2,1-2H3,(H,26,32)(H,27,29)(H2,24,25,33)/t15-,19-/m1/s1. The molecule has 0 aliphatic heterocycles. The van der Waals surface area contributed by atoms with Crippen molar-refractivity contribution in [3.63, 3.8) is 0 Å². The van der Waals surface area contributed by atoms with Crippen molar-refractivity contribution in [2.45, 2.75) is 52.2 Å². The first-order valence-electron chi connectivity index (χ1n) is 10.9. The highest BCUT2D eigenvalue weighted by Gasteiger charge is 2.30. The predicted octanol–water partition coefficient (Wildman–Crippen LogP) is 3.19. The number of nitrogens with one attached hydrogen (secondary N) is 4. The summed E-state index contributed by atoms with van der Waals surface area (Å²) in [5, 5.41) is 24.6. The van der Waals surface area contributed by atoms with Crippen LogP contribution in [0, 0.1) is 19.8 Å². The number of nitrogens with zero attached hydrogens (tertiary/aromatic N) is 4. The van der Waals surface area contributed by atoms with Gasteiger partial charge in [-0.1, -0.05) is 23.2 Å². The number of hydrogen-bond acceptors (Lipinski definition) is 5. The van der Waals surface area contributed by atoms with Gasteiger partial charge in [0.25, 0.3) is 5.91 Å². The lowest BCUT2D eigenvalue weighted by Crippen LogP contribution is -2.39. The number of hydrogen-bond donors (Lipinski definition) is 4. The first kappa shape index (κ1) is 22.8. The molecule has 1 aliphatic rings. The number of H-pyrrole nitrogens is 1. The average molecular weight is 471 g/mol. The number of carbonyl (C=O) groups excluding carboxylic acids is 2. The van der Waals surface area contributed by atoms with E-state index in [9.17, 15) is 9.59 Å². The van der Waals surface area contributed by atoms with Crippen LogP contribution >= 0.6 is 11.6 Å². The Morgan fingerprint density at radius 1 is 1.21 bits per heavy atom. The van der Waals surface area contributed by atoms with Gasteiger partial charge in [-0.15, -0.1) is 5.10 Å². The number of aromatic amines is 1. The zero-order valence-corrected chi connectivity index (χ0v) is 19.3. The van der Waals surface area contributed by atoms with Crippen LogP contribution in [-0.4, -0.2) is 43.2 Å². The Bertz CT molecular complexity index is 1120. The quantitative estimate of drug-likeness (QED) is 0.421. The highest BCUT2D eigenvalue weighted by molar-refractivity contribution is 6.30. The van der Waals surface area contributed by atoms with Crippen LogP contribution in [0.3, 0.4) is 0 Å². The SMILES string of the molecule is Cc1[nH]nc(C(=O)N[C@@H]2CCC[C@@H]2Cn2cc(CNC(=O)Nc3ccc(Cl)cc3)nn2)c1C. The van der Waals surface area contributed by atoms with Gasteiger partial charge in [0.2, 0.25) is 0 Å². The van der Waals surface area contributed by atoms with Crippen LogP contribution in [-0.2, 0) is 13.1 Å². The fourth-order valence-corrected chi connectivity index (χ4v) is 4.14. The number of rotatable bonds is 7. The van der Waals surface area contributed by atoms with Gasteiger partial charge in [0.15, 0.2) is 5.69 Å². The fourth-order valence-electron chi connectivity index (χ4n) is 4.02. The fraction of sp³-hybridized carbons (Fsp3) is 0.409. The maximum Gasteiger partial charge on any atom is 0.319 e. The van der Waals surface area contributed by atoms with Crippen molar-refractivity contribution in [1.82, 2.24) is 35.8 Å². The number of aromatic nitrogens is 5. The van der Waals surface area contributed by atoms with Gasteiger partial charge in [-0.3, -0.25) is 14.6 Å². The van der Waals surface area contributed by atoms with Crippen molar-refractivity contribution in [3.8, 4) is 0 Å². The van der Waals surface area contributed by atoms with Crippen LogP contribution in [0.1, 0.15) is 46.7 Å². The zero-order valence-electron chi connectivity index (χ0n) is 18.6. The molecule has 4 N–H and O–H groups in total. The third-order valence-electron chi connectivity index (χ3n) is 5.98. The van der Waals surface area contributed by atoms with Crippen molar-refractivity contribution >= 4 is 29.2 Å². The Morgan fingerprint density at radius 3 is 2.73 bits per heavy atom. The Kier molecular flexibility index (Phi) is 6.93. The summed E-state index contributed by atoms with van der Waals surface area (Å²) in [5.74, 6) is 0.105. The largest absolute Gasteiger partial charge is 0.348 e. The number of benzene rings is 1. The molecule has 3 amide bonds. The number of aryl methyl sites for hydroxylation is 1. The minimum atomic E-state index is -0.339. The second-order valence-corrected chi connectivity index (χ2v) is 8.78. The number of halogens is 1. The molecule has 33 heavy (non-hydrogen) atoms. The zero-order chi connectivity index (χ0) is 23.4. The molecule has 0 radical (unpaired) electrons. The third-order valence-corrected chi connectivity index (χ3v) is 6.24. The van der Waals surface area contributed by atoms with Crippen molar-refractivity contribution < 1.29 is 9.59 Å². The lowest BCUT2D eigenvalue weighted by atomic mass is 10.0. The molecule has 3 aromatic rings. The Labute approximate surface area is 196 Å². The van der Waals surface area contributed by atoms with Crippen LogP contribution in [0.5, 0.6) is 0 Å². The molecule has 1 fully saturated rings. The van der Waals surface area contributed by atoms with Gasteiger partial charge in [0.05, 0.1) is 12.7 Å². The van der Waals surface area contributed by atoms with E-state index in [0.717, 1.165) is 30.5 Å². The number of urea groups is 1. The lowest BCUT2D eigenvalue weighted by molar-refractivity contribution is 0.0919. The van der Waals surface area contributed by atoms with E-state index in [1.807, 2.05) is 20.0 Å². The molecule has 0 saturated heterocycles. The van der Waals surface area contributed by atoms with Crippen LogP contribution in [0.2, 0.25) is 5.02 Å². The van der Waals surface area contributed by atoms with Gasteiger partial charge in [-0.05, 0) is 56.9 Å². The summed E-state index contributed by atoms with van der Waals surface area (Å²) in [4.78, 5) is 24.7. The van der Waals surface area contributed by atoms with E-state index in [1.54, 1.807) is 28.9 Å². The molecule has 4 rings (SSSR count).